The van der Waals surface area contributed by atoms with Gasteiger partial charge in [0.2, 0.25) is 15.9 Å². The fourth-order valence-electron chi connectivity index (χ4n) is 2.81. The lowest BCUT2D eigenvalue weighted by Crippen LogP contribution is -2.47. The largest absolute Gasteiger partial charge is 0.495 e. The molecular weight excluding hydrogens is 423 g/mol. The van der Waals surface area contributed by atoms with E-state index in [0.717, 1.165) is 10.6 Å². The third kappa shape index (κ3) is 4.90. The number of methoxy groups -OCH3 is 1. The summed E-state index contributed by atoms with van der Waals surface area (Å²) in [6.45, 7) is 3.51. The van der Waals surface area contributed by atoms with Crippen LogP contribution in [0.25, 0.3) is 0 Å². The molecule has 0 aliphatic carbocycles. The van der Waals surface area contributed by atoms with E-state index in [9.17, 15) is 13.2 Å². The van der Waals surface area contributed by atoms with Crippen LogP contribution < -0.4 is 14.4 Å². The topological polar surface area (TPSA) is 75.7 Å². The van der Waals surface area contributed by atoms with E-state index in [2.05, 4.69) is 5.32 Å². The number of ether oxygens (including phenoxy) is 1. The monoisotopic (exact) mass is 444 g/mol. The van der Waals surface area contributed by atoms with Crippen molar-refractivity contribution in [2.75, 3.05) is 23.0 Å². The number of benzene rings is 2. The van der Waals surface area contributed by atoms with E-state index < -0.39 is 22.0 Å². The SMILES string of the molecule is CC[C@@H](C(=O)Nc1cccc(Cl)c1C)N(c1ccc(OC)c(Cl)c1)S(C)(=O)=O. The molecule has 9 heteroatoms. The summed E-state index contributed by atoms with van der Waals surface area (Å²) < 4.78 is 31.2. The van der Waals surface area contributed by atoms with Crippen molar-refractivity contribution in [1.82, 2.24) is 0 Å². The molecule has 0 saturated carbocycles. The lowest BCUT2D eigenvalue weighted by molar-refractivity contribution is -0.117. The maximum Gasteiger partial charge on any atom is 0.248 e. The van der Waals surface area contributed by atoms with E-state index in [1.54, 1.807) is 44.2 Å². The van der Waals surface area contributed by atoms with Crippen LogP contribution in [0.1, 0.15) is 18.9 Å². The van der Waals surface area contributed by atoms with Gasteiger partial charge in [-0.15, -0.1) is 0 Å². The average Bonchev–Trinajstić information content (AvgIpc) is 2.62. The molecule has 0 aliphatic heterocycles. The molecule has 0 fully saturated rings. The van der Waals surface area contributed by atoms with Crippen LogP contribution in [0.2, 0.25) is 10.0 Å². The number of hydrogen-bond donors (Lipinski definition) is 1. The molecule has 152 valence electrons. The summed E-state index contributed by atoms with van der Waals surface area (Å²) in [5, 5.41) is 3.53. The number of nitrogens with zero attached hydrogens (tertiary/aromatic N) is 1. The highest BCUT2D eigenvalue weighted by Crippen LogP contribution is 2.32. The van der Waals surface area contributed by atoms with Crippen molar-refractivity contribution in [3.05, 3.63) is 52.0 Å². The van der Waals surface area contributed by atoms with E-state index in [1.165, 1.54) is 13.2 Å². The Hall–Kier alpha value is -1.96. The summed E-state index contributed by atoms with van der Waals surface area (Å²) in [6.07, 6.45) is 1.30. The number of rotatable bonds is 7. The Kier molecular flexibility index (Phi) is 7.20. The molecule has 0 bridgehead atoms. The number of sulfonamides is 1. The van der Waals surface area contributed by atoms with Gasteiger partial charge in [0.05, 0.1) is 24.1 Å². The predicted octanol–water partition coefficient (Wildman–Crippen LogP) is 4.49. The van der Waals surface area contributed by atoms with Crippen molar-refractivity contribution in [2.45, 2.75) is 26.3 Å². The van der Waals surface area contributed by atoms with Crippen molar-refractivity contribution in [3.8, 4) is 5.75 Å². The standard InChI is InChI=1S/C19H22Cl2N2O4S/c1-5-17(19(24)22-16-8-6-7-14(20)12(16)2)23(28(4,25)26)13-9-10-18(27-3)15(21)11-13/h6-11,17H,5H2,1-4H3,(H,22,24)/t17-/m0/s1. The van der Waals surface area contributed by atoms with Crippen LogP contribution in [0.4, 0.5) is 11.4 Å². The van der Waals surface area contributed by atoms with Gasteiger partial charge in [-0.1, -0.05) is 36.2 Å². The summed E-state index contributed by atoms with van der Waals surface area (Å²) in [7, 11) is -2.31. The van der Waals surface area contributed by atoms with Crippen molar-refractivity contribution >= 4 is 50.5 Å². The minimum absolute atomic E-state index is 0.245. The lowest BCUT2D eigenvalue weighted by Gasteiger charge is -2.30. The van der Waals surface area contributed by atoms with E-state index >= 15 is 0 Å². The summed E-state index contributed by atoms with van der Waals surface area (Å²) in [6, 6.07) is 8.73. The maximum absolute atomic E-state index is 13.0. The van der Waals surface area contributed by atoms with Crippen molar-refractivity contribution in [2.24, 2.45) is 0 Å². The van der Waals surface area contributed by atoms with E-state index in [0.29, 0.717) is 22.0 Å². The minimum Gasteiger partial charge on any atom is -0.495 e. The van der Waals surface area contributed by atoms with Crippen LogP contribution in [0.5, 0.6) is 5.75 Å². The molecule has 1 N–H and O–H groups in total. The summed E-state index contributed by atoms with van der Waals surface area (Å²) >= 11 is 12.3. The van der Waals surface area contributed by atoms with Crippen molar-refractivity contribution in [1.29, 1.82) is 0 Å². The highest BCUT2D eigenvalue weighted by Gasteiger charge is 2.32. The van der Waals surface area contributed by atoms with E-state index in [-0.39, 0.29) is 17.1 Å². The highest BCUT2D eigenvalue weighted by atomic mass is 35.5. The number of hydrogen-bond acceptors (Lipinski definition) is 4. The molecule has 1 amide bonds. The van der Waals surface area contributed by atoms with Crippen LogP contribution in [0.3, 0.4) is 0 Å². The number of anilines is 2. The van der Waals surface area contributed by atoms with Gasteiger partial charge in [-0.3, -0.25) is 9.10 Å². The molecule has 1 atom stereocenters. The zero-order chi connectivity index (χ0) is 21.1. The van der Waals surface area contributed by atoms with Crippen LogP contribution in [-0.2, 0) is 14.8 Å². The minimum atomic E-state index is -3.77. The Morgan fingerprint density at radius 1 is 1.21 bits per heavy atom. The molecule has 0 aromatic heterocycles. The van der Waals surface area contributed by atoms with E-state index in [4.69, 9.17) is 27.9 Å². The molecule has 2 rings (SSSR count). The summed E-state index contributed by atoms with van der Waals surface area (Å²) in [5.74, 6) is -0.0591. The number of carbonyl (C=O) groups excluding carboxylic acids is 1. The zero-order valence-electron chi connectivity index (χ0n) is 16.0. The van der Waals surface area contributed by atoms with Gasteiger partial charge in [0.25, 0.3) is 0 Å². The Labute approximate surface area is 175 Å². The molecule has 28 heavy (non-hydrogen) atoms. The second-order valence-corrected chi connectivity index (χ2v) is 8.88. The van der Waals surface area contributed by atoms with Gasteiger partial charge in [0.15, 0.2) is 0 Å². The van der Waals surface area contributed by atoms with Gasteiger partial charge in [-0.25, -0.2) is 8.42 Å². The molecule has 0 heterocycles. The third-order valence-corrected chi connectivity index (χ3v) is 6.13. The Balaban J connectivity index is 2.44. The first-order valence-corrected chi connectivity index (χ1v) is 11.1. The number of carbonyl (C=O) groups is 1. The first-order valence-electron chi connectivity index (χ1n) is 8.49. The Bertz CT molecular complexity index is 980. The van der Waals surface area contributed by atoms with Gasteiger partial charge in [0.1, 0.15) is 11.8 Å². The second kappa shape index (κ2) is 9.03. The zero-order valence-corrected chi connectivity index (χ0v) is 18.3. The fourth-order valence-corrected chi connectivity index (χ4v) is 4.44. The second-order valence-electron chi connectivity index (χ2n) is 6.20. The summed E-state index contributed by atoms with van der Waals surface area (Å²) in [5.41, 5.74) is 1.50. The van der Waals surface area contributed by atoms with Crippen LogP contribution in [0.15, 0.2) is 36.4 Å². The normalized spacial score (nSPS) is 12.4. The van der Waals surface area contributed by atoms with Crippen molar-refractivity contribution < 1.29 is 17.9 Å². The molecule has 0 saturated heterocycles. The van der Waals surface area contributed by atoms with Gasteiger partial charge in [-0.05, 0) is 49.2 Å². The average molecular weight is 445 g/mol. The quantitative estimate of drug-likeness (QED) is 0.681. The predicted molar refractivity (Wildman–Crippen MR) is 114 cm³/mol. The molecule has 0 unspecified atom stereocenters. The Morgan fingerprint density at radius 3 is 2.43 bits per heavy atom. The molecule has 0 radical (unpaired) electrons. The van der Waals surface area contributed by atoms with Crippen LogP contribution in [0, 0.1) is 6.92 Å². The van der Waals surface area contributed by atoms with Crippen LogP contribution >= 0.6 is 23.2 Å². The third-order valence-electron chi connectivity index (χ3n) is 4.25. The molecule has 2 aromatic rings. The van der Waals surface area contributed by atoms with Gasteiger partial charge >= 0.3 is 0 Å². The molecule has 2 aromatic carbocycles. The molecule has 6 nitrogen and oxygen atoms in total. The van der Waals surface area contributed by atoms with Crippen LogP contribution in [-0.4, -0.2) is 33.7 Å². The molecule has 0 aliphatic rings. The van der Waals surface area contributed by atoms with E-state index in [1.807, 2.05) is 0 Å². The number of amides is 1. The number of halogens is 2. The fraction of sp³-hybridized carbons (Fsp3) is 0.316. The molecular formula is C19H22Cl2N2O4S. The first-order chi connectivity index (χ1) is 13.1. The highest BCUT2D eigenvalue weighted by molar-refractivity contribution is 7.92. The lowest BCUT2D eigenvalue weighted by atomic mass is 10.1. The van der Waals surface area contributed by atoms with Gasteiger partial charge in [0, 0.05) is 10.7 Å². The van der Waals surface area contributed by atoms with Gasteiger partial charge < -0.3 is 10.1 Å². The maximum atomic E-state index is 13.0. The Morgan fingerprint density at radius 2 is 1.89 bits per heavy atom. The summed E-state index contributed by atoms with van der Waals surface area (Å²) in [4.78, 5) is 13.0. The molecule has 0 spiro atoms. The van der Waals surface area contributed by atoms with Gasteiger partial charge in [-0.2, -0.15) is 0 Å². The first kappa shape index (κ1) is 22.3. The number of nitrogens with one attached hydrogen (secondary N) is 1. The van der Waals surface area contributed by atoms with Crippen molar-refractivity contribution in [3.63, 3.8) is 0 Å². The smallest absolute Gasteiger partial charge is 0.248 e.